The summed E-state index contributed by atoms with van der Waals surface area (Å²) in [6.07, 6.45) is 1.42. The highest BCUT2D eigenvalue weighted by molar-refractivity contribution is 7.16. The van der Waals surface area contributed by atoms with Crippen molar-refractivity contribution in [3.05, 3.63) is 46.6 Å². The van der Waals surface area contributed by atoms with Crippen LogP contribution in [0.2, 0.25) is 5.02 Å². The fourth-order valence-electron chi connectivity index (χ4n) is 1.93. The molecule has 0 spiro atoms. The number of aryl methyl sites for hydroxylation is 1. The minimum Gasteiger partial charge on any atom is -0.467 e. The maximum atomic E-state index is 12.0. The summed E-state index contributed by atoms with van der Waals surface area (Å²) in [5.74, 6) is 0.136. The Hall–Kier alpha value is -2.18. The molecule has 1 N–H and O–H groups in total. The van der Waals surface area contributed by atoms with Crippen LogP contribution >= 0.6 is 22.9 Å². The van der Waals surface area contributed by atoms with Gasteiger partial charge in [0.25, 0.3) is 5.91 Å². The van der Waals surface area contributed by atoms with E-state index in [1.54, 1.807) is 12.1 Å². The zero-order valence-electron chi connectivity index (χ0n) is 11.7. The topological polar surface area (TPSA) is 64.1 Å². The molecule has 3 aromatic rings. The molecule has 0 radical (unpaired) electrons. The molecule has 0 aliphatic carbocycles. The zero-order chi connectivity index (χ0) is 15.5. The molecule has 0 saturated heterocycles. The van der Waals surface area contributed by atoms with Gasteiger partial charge in [-0.2, -0.15) is 0 Å². The van der Waals surface area contributed by atoms with Crippen LogP contribution in [0, 0.1) is 6.92 Å². The third-order valence-corrected chi connectivity index (χ3v) is 4.09. The third kappa shape index (κ3) is 3.18. The Morgan fingerprint density at radius 3 is 3.09 bits per heavy atom. The largest absolute Gasteiger partial charge is 0.467 e. The van der Waals surface area contributed by atoms with E-state index in [0.717, 1.165) is 15.8 Å². The monoisotopic (exact) mass is 333 g/mol. The van der Waals surface area contributed by atoms with E-state index in [0.29, 0.717) is 16.6 Å². The van der Waals surface area contributed by atoms with Crippen molar-refractivity contribution in [1.29, 1.82) is 0 Å². The summed E-state index contributed by atoms with van der Waals surface area (Å²) in [5, 5.41) is 6.05. The van der Waals surface area contributed by atoms with E-state index in [1.165, 1.54) is 17.7 Å². The summed E-state index contributed by atoms with van der Waals surface area (Å²) < 4.78 is 5.49. The number of carbonyl (C=O) groups is 1. The second-order valence-electron chi connectivity index (χ2n) is 4.61. The average molecular weight is 334 g/mol. The molecule has 1 amide bonds. The van der Waals surface area contributed by atoms with E-state index in [1.807, 2.05) is 24.4 Å². The second-order valence-corrected chi connectivity index (χ2v) is 5.95. The van der Waals surface area contributed by atoms with Crippen LogP contribution in [0.25, 0.3) is 10.2 Å². The van der Waals surface area contributed by atoms with Gasteiger partial charge in [-0.25, -0.2) is 9.97 Å². The number of aromatic nitrogens is 2. The maximum Gasteiger partial charge on any atom is 0.262 e. The van der Waals surface area contributed by atoms with Gasteiger partial charge in [0.15, 0.2) is 6.61 Å². The minimum absolute atomic E-state index is 0.131. The lowest BCUT2D eigenvalue weighted by Gasteiger charge is -2.09. The molecule has 0 saturated carbocycles. The van der Waals surface area contributed by atoms with Gasteiger partial charge in [-0.05, 0) is 36.1 Å². The summed E-state index contributed by atoms with van der Waals surface area (Å²) in [6.45, 7) is 1.76. The van der Waals surface area contributed by atoms with Crippen molar-refractivity contribution in [2.75, 3.05) is 11.9 Å². The fraction of sp³-hybridized carbons (Fsp3) is 0.133. The molecule has 2 aromatic heterocycles. The number of anilines is 1. The van der Waals surface area contributed by atoms with Gasteiger partial charge in [-0.1, -0.05) is 17.7 Å². The van der Waals surface area contributed by atoms with Crippen LogP contribution < -0.4 is 10.1 Å². The molecule has 5 nitrogen and oxygen atoms in total. The molecule has 2 heterocycles. The first-order valence-electron chi connectivity index (χ1n) is 6.50. The Kier molecular flexibility index (Phi) is 4.22. The van der Waals surface area contributed by atoms with Gasteiger partial charge in [0.05, 0.1) is 5.39 Å². The molecular weight excluding hydrogens is 322 g/mol. The predicted octanol–water partition coefficient (Wildman–Crippen LogP) is 3.67. The maximum absolute atomic E-state index is 12.0. The number of hydrogen-bond donors (Lipinski definition) is 1. The van der Waals surface area contributed by atoms with E-state index in [9.17, 15) is 4.79 Å². The van der Waals surface area contributed by atoms with Gasteiger partial charge >= 0.3 is 0 Å². The van der Waals surface area contributed by atoms with Crippen molar-refractivity contribution in [3.8, 4) is 5.88 Å². The standard InChI is InChI=1S/C15H12ClN3O2S/c1-9-2-3-10(16)6-12(9)19-13(20)7-21-14-11-4-5-22-15(11)18-8-17-14/h2-6,8H,7H2,1H3,(H,19,20). The number of ether oxygens (including phenoxy) is 1. The highest BCUT2D eigenvalue weighted by atomic mass is 35.5. The highest BCUT2D eigenvalue weighted by Gasteiger charge is 2.10. The average Bonchev–Trinajstić information content (AvgIpc) is 2.98. The summed E-state index contributed by atoms with van der Waals surface area (Å²) >= 11 is 7.42. The van der Waals surface area contributed by atoms with Crippen molar-refractivity contribution >= 4 is 44.7 Å². The number of carbonyl (C=O) groups excluding carboxylic acids is 1. The number of nitrogens with zero attached hydrogens (tertiary/aromatic N) is 2. The van der Waals surface area contributed by atoms with Gasteiger partial charge in [-0.15, -0.1) is 11.3 Å². The van der Waals surface area contributed by atoms with Gasteiger partial charge in [0, 0.05) is 10.7 Å². The van der Waals surface area contributed by atoms with Crippen LogP contribution in [-0.4, -0.2) is 22.5 Å². The highest BCUT2D eigenvalue weighted by Crippen LogP contribution is 2.25. The fourth-order valence-corrected chi connectivity index (χ4v) is 2.83. The number of nitrogens with one attached hydrogen (secondary N) is 1. The van der Waals surface area contributed by atoms with Crippen LogP contribution in [0.1, 0.15) is 5.56 Å². The lowest BCUT2D eigenvalue weighted by atomic mass is 10.2. The number of halogens is 1. The molecule has 112 valence electrons. The van der Waals surface area contributed by atoms with E-state index < -0.39 is 0 Å². The van der Waals surface area contributed by atoms with Crippen LogP contribution in [0.3, 0.4) is 0 Å². The van der Waals surface area contributed by atoms with Crippen molar-refractivity contribution in [1.82, 2.24) is 9.97 Å². The Morgan fingerprint density at radius 2 is 2.23 bits per heavy atom. The van der Waals surface area contributed by atoms with Crippen LogP contribution in [0.4, 0.5) is 5.69 Å². The van der Waals surface area contributed by atoms with E-state index in [-0.39, 0.29) is 12.5 Å². The number of amides is 1. The smallest absolute Gasteiger partial charge is 0.262 e. The van der Waals surface area contributed by atoms with Crippen molar-refractivity contribution in [3.63, 3.8) is 0 Å². The molecule has 3 rings (SSSR count). The van der Waals surface area contributed by atoms with Crippen LogP contribution in [0.5, 0.6) is 5.88 Å². The first kappa shape index (κ1) is 14.7. The van der Waals surface area contributed by atoms with E-state index in [2.05, 4.69) is 15.3 Å². The molecule has 22 heavy (non-hydrogen) atoms. The number of benzene rings is 1. The summed E-state index contributed by atoms with van der Waals surface area (Å²) in [4.78, 5) is 21.0. The SMILES string of the molecule is Cc1ccc(Cl)cc1NC(=O)COc1ncnc2sccc12. The van der Waals surface area contributed by atoms with Crippen molar-refractivity contribution in [2.24, 2.45) is 0 Å². The zero-order valence-corrected chi connectivity index (χ0v) is 13.2. The quantitative estimate of drug-likeness (QED) is 0.791. The number of hydrogen-bond acceptors (Lipinski definition) is 5. The first-order valence-corrected chi connectivity index (χ1v) is 7.76. The lowest BCUT2D eigenvalue weighted by molar-refractivity contribution is -0.118. The van der Waals surface area contributed by atoms with E-state index >= 15 is 0 Å². The molecule has 0 fully saturated rings. The summed E-state index contributed by atoms with van der Waals surface area (Å²) in [5.41, 5.74) is 1.60. The Morgan fingerprint density at radius 1 is 1.36 bits per heavy atom. The Balaban J connectivity index is 1.67. The van der Waals surface area contributed by atoms with Crippen LogP contribution in [0.15, 0.2) is 36.0 Å². The molecule has 0 unspecified atom stereocenters. The van der Waals surface area contributed by atoms with Crippen molar-refractivity contribution < 1.29 is 9.53 Å². The Labute approximate surface area is 135 Å². The van der Waals surface area contributed by atoms with Gasteiger partial charge in [-0.3, -0.25) is 4.79 Å². The molecule has 7 heteroatoms. The second kappa shape index (κ2) is 6.29. The summed E-state index contributed by atoms with van der Waals surface area (Å²) in [6, 6.07) is 7.19. The number of thiophene rings is 1. The van der Waals surface area contributed by atoms with Crippen molar-refractivity contribution in [2.45, 2.75) is 6.92 Å². The third-order valence-electron chi connectivity index (χ3n) is 3.04. The molecular formula is C15H12ClN3O2S. The molecule has 0 aliphatic rings. The molecule has 0 bridgehead atoms. The lowest BCUT2D eigenvalue weighted by Crippen LogP contribution is -2.21. The minimum atomic E-state index is -0.271. The molecule has 0 aliphatic heterocycles. The number of fused-ring (bicyclic) bond motifs is 1. The van der Waals surface area contributed by atoms with Crippen LogP contribution in [-0.2, 0) is 4.79 Å². The predicted molar refractivity (Wildman–Crippen MR) is 87.7 cm³/mol. The van der Waals surface area contributed by atoms with E-state index in [4.69, 9.17) is 16.3 Å². The molecule has 0 atom stereocenters. The summed E-state index contributed by atoms with van der Waals surface area (Å²) in [7, 11) is 0. The molecule has 1 aromatic carbocycles. The number of rotatable bonds is 4. The Bertz CT molecular complexity index is 835. The normalized spacial score (nSPS) is 10.6. The van der Waals surface area contributed by atoms with Gasteiger partial charge in [0.2, 0.25) is 5.88 Å². The van der Waals surface area contributed by atoms with Gasteiger partial charge < -0.3 is 10.1 Å². The van der Waals surface area contributed by atoms with Gasteiger partial charge in [0.1, 0.15) is 11.2 Å². The first-order chi connectivity index (χ1) is 10.6.